The van der Waals surface area contributed by atoms with Crippen molar-refractivity contribution >= 4 is 34.2 Å². The van der Waals surface area contributed by atoms with Gasteiger partial charge in [0.15, 0.2) is 0 Å². The summed E-state index contributed by atoms with van der Waals surface area (Å²) in [6.45, 7) is 4.27. The Labute approximate surface area is 185 Å². The Morgan fingerprint density at radius 1 is 1.10 bits per heavy atom. The molecule has 7 nitrogen and oxygen atoms in total. The van der Waals surface area contributed by atoms with Crippen molar-refractivity contribution in [1.29, 1.82) is 0 Å². The molecule has 2 aromatic carbocycles. The van der Waals surface area contributed by atoms with Crippen molar-refractivity contribution < 1.29 is 21.9 Å². The predicted molar refractivity (Wildman–Crippen MR) is 116 cm³/mol. The summed E-state index contributed by atoms with van der Waals surface area (Å²) < 4.78 is 6.79. The highest BCUT2D eigenvalue weighted by atomic mass is 35.5. The van der Waals surface area contributed by atoms with Crippen molar-refractivity contribution in [2.75, 3.05) is 11.9 Å². The number of anilines is 2. The molecule has 0 fully saturated rings. The van der Waals surface area contributed by atoms with E-state index in [1.165, 1.54) is 4.40 Å². The largest absolute Gasteiger partial charge is 1.00 e. The third kappa shape index (κ3) is 4.51. The van der Waals surface area contributed by atoms with Gasteiger partial charge >= 0.3 is 5.97 Å². The smallest absolute Gasteiger partial charge is 0.340 e. The van der Waals surface area contributed by atoms with Gasteiger partial charge in [0.25, 0.3) is 5.56 Å². The van der Waals surface area contributed by atoms with Gasteiger partial charge < -0.3 is 22.5 Å². The highest BCUT2D eigenvalue weighted by Crippen LogP contribution is 2.23. The number of carbonyl (C=O) groups is 1. The second kappa shape index (κ2) is 9.57. The average Bonchev–Trinajstić information content (AvgIpc) is 2.76. The van der Waals surface area contributed by atoms with E-state index >= 15 is 0 Å². The summed E-state index contributed by atoms with van der Waals surface area (Å²) in [5.74, 6) is 0.422. The van der Waals surface area contributed by atoms with E-state index < -0.39 is 0 Å². The molecule has 0 atom stereocenters. The number of nitrogens with zero attached hydrogens (tertiary/aromatic N) is 3. The van der Waals surface area contributed by atoms with Crippen LogP contribution in [-0.4, -0.2) is 26.9 Å². The molecule has 0 bridgehead atoms. The summed E-state index contributed by atoms with van der Waals surface area (Å²) in [6, 6.07) is 14.3. The molecule has 31 heavy (non-hydrogen) atoms. The lowest BCUT2D eigenvalue weighted by Crippen LogP contribution is -3.00. The maximum Gasteiger partial charge on any atom is 0.340 e. The van der Waals surface area contributed by atoms with Gasteiger partial charge in [-0.1, -0.05) is 37.6 Å². The number of rotatable bonds is 6. The van der Waals surface area contributed by atoms with Crippen LogP contribution in [0.2, 0.25) is 0 Å². The normalized spacial score (nSPS) is 10.6. The summed E-state index contributed by atoms with van der Waals surface area (Å²) in [5, 5.41) is 3.74. The molecule has 0 unspecified atom stereocenters. The number of ether oxygens (including phenoxy) is 1. The van der Waals surface area contributed by atoms with Gasteiger partial charge in [-0.2, -0.15) is 4.98 Å². The van der Waals surface area contributed by atoms with Crippen LogP contribution in [0.15, 0.2) is 59.5 Å². The first-order chi connectivity index (χ1) is 14.6. The molecule has 0 saturated heterocycles. The first-order valence-electron chi connectivity index (χ1n) is 9.90. The van der Waals surface area contributed by atoms with Gasteiger partial charge in [0.2, 0.25) is 5.78 Å². The number of hydrogen-bond donors (Lipinski definition) is 1. The molecule has 4 aromatic rings. The number of para-hydroxylation sites is 2. The molecule has 0 aliphatic rings. The Morgan fingerprint density at radius 3 is 2.65 bits per heavy atom. The van der Waals surface area contributed by atoms with E-state index in [1.54, 1.807) is 36.5 Å². The van der Waals surface area contributed by atoms with Gasteiger partial charge in [0.05, 0.1) is 28.8 Å². The number of nitrogens with one attached hydrogen (secondary N) is 1. The third-order valence-corrected chi connectivity index (χ3v) is 4.83. The highest BCUT2D eigenvalue weighted by molar-refractivity contribution is 5.96. The Kier molecular flexibility index (Phi) is 6.87. The van der Waals surface area contributed by atoms with E-state index in [0.29, 0.717) is 34.6 Å². The van der Waals surface area contributed by atoms with E-state index in [9.17, 15) is 9.59 Å². The summed E-state index contributed by atoms with van der Waals surface area (Å²) in [4.78, 5) is 34.3. The molecule has 0 aliphatic carbocycles. The molecule has 2 aromatic heterocycles. The number of hydrogen-bond acceptors (Lipinski definition) is 6. The quantitative estimate of drug-likeness (QED) is 0.277. The zero-order valence-corrected chi connectivity index (χ0v) is 18.0. The fraction of sp³-hybridized carbons (Fsp3) is 0.217. The first-order valence-corrected chi connectivity index (χ1v) is 9.90. The molecule has 0 spiro atoms. The average molecular weight is 438 g/mol. The first kappa shape index (κ1) is 22.2. The summed E-state index contributed by atoms with van der Waals surface area (Å²) >= 11 is 0. The molecule has 0 radical (unpaired) electrons. The van der Waals surface area contributed by atoms with Crippen LogP contribution >= 0.6 is 0 Å². The minimum atomic E-state index is -0.384. The molecule has 8 heteroatoms. The monoisotopic (exact) mass is 437 g/mol. The molecular formula is C23H22ClN4O3-. The number of aromatic nitrogens is 3. The van der Waals surface area contributed by atoms with E-state index in [2.05, 4.69) is 15.3 Å². The maximum atomic E-state index is 12.8. The van der Waals surface area contributed by atoms with Gasteiger partial charge in [-0.15, -0.1) is 0 Å². The van der Waals surface area contributed by atoms with Crippen LogP contribution in [0.5, 0.6) is 0 Å². The van der Waals surface area contributed by atoms with Crippen LogP contribution in [0.4, 0.5) is 11.5 Å². The minimum Gasteiger partial charge on any atom is -1.00 e. The van der Waals surface area contributed by atoms with E-state index in [1.807, 2.05) is 32.0 Å². The van der Waals surface area contributed by atoms with Crippen LogP contribution in [-0.2, 0) is 4.74 Å². The van der Waals surface area contributed by atoms with E-state index in [0.717, 1.165) is 18.4 Å². The van der Waals surface area contributed by atoms with Gasteiger partial charge in [-0.25, -0.2) is 9.78 Å². The standard InChI is InChI=1S/C23H22N4O3.ClH/c1-3-4-13-30-22(29)17-10-6-8-12-19(17)24-20-15(2)14-27-21(28)16-9-5-7-11-18(16)25-23(27)26-20;/h5-12,14H,3-4,13H2,1-2H3,(H,24,25,26);1H/p-1. The SMILES string of the molecule is CCCCOC(=O)c1ccccc1Nc1nc2nc3ccccc3c(=O)n2cc1C.[Cl-]. The number of halogens is 1. The van der Waals surface area contributed by atoms with Crippen LogP contribution < -0.4 is 23.3 Å². The van der Waals surface area contributed by atoms with Crippen molar-refractivity contribution in [3.63, 3.8) is 0 Å². The molecule has 2 heterocycles. The lowest BCUT2D eigenvalue weighted by Gasteiger charge is -2.14. The van der Waals surface area contributed by atoms with Crippen LogP contribution in [0.25, 0.3) is 16.7 Å². The Bertz CT molecular complexity index is 1300. The zero-order valence-electron chi connectivity index (χ0n) is 17.3. The Balaban J connectivity index is 0.00000272. The summed E-state index contributed by atoms with van der Waals surface area (Å²) in [5.41, 5.74) is 2.18. The number of aryl methyl sites for hydroxylation is 1. The molecule has 1 N–H and O–H groups in total. The number of unbranched alkanes of at least 4 members (excludes halogenated alkanes) is 1. The fourth-order valence-electron chi connectivity index (χ4n) is 3.18. The Morgan fingerprint density at radius 2 is 1.84 bits per heavy atom. The minimum absolute atomic E-state index is 0. The third-order valence-electron chi connectivity index (χ3n) is 4.83. The summed E-state index contributed by atoms with van der Waals surface area (Å²) in [6.07, 6.45) is 3.48. The number of benzene rings is 2. The number of esters is 1. The van der Waals surface area contributed by atoms with Crippen molar-refractivity contribution in [2.24, 2.45) is 0 Å². The highest BCUT2D eigenvalue weighted by Gasteiger charge is 2.15. The molecule has 0 aliphatic heterocycles. The summed E-state index contributed by atoms with van der Waals surface area (Å²) in [7, 11) is 0. The topological polar surface area (TPSA) is 85.6 Å². The fourth-order valence-corrected chi connectivity index (χ4v) is 3.18. The lowest BCUT2D eigenvalue weighted by molar-refractivity contribution is -0.0000249. The van der Waals surface area contributed by atoms with Crippen molar-refractivity contribution in [2.45, 2.75) is 26.7 Å². The van der Waals surface area contributed by atoms with Crippen molar-refractivity contribution in [3.05, 3.63) is 76.2 Å². The molecule has 160 valence electrons. The van der Waals surface area contributed by atoms with Crippen LogP contribution in [0.3, 0.4) is 0 Å². The molecule has 4 rings (SSSR count). The zero-order chi connectivity index (χ0) is 21.1. The van der Waals surface area contributed by atoms with Crippen molar-refractivity contribution in [3.8, 4) is 0 Å². The molecular weight excluding hydrogens is 416 g/mol. The maximum absolute atomic E-state index is 12.8. The van der Waals surface area contributed by atoms with Gasteiger partial charge in [0, 0.05) is 11.8 Å². The van der Waals surface area contributed by atoms with Crippen LogP contribution in [0, 0.1) is 6.92 Å². The van der Waals surface area contributed by atoms with Gasteiger partial charge in [-0.3, -0.25) is 9.20 Å². The number of fused-ring (bicyclic) bond motifs is 2. The van der Waals surface area contributed by atoms with Gasteiger partial charge in [0.1, 0.15) is 5.82 Å². The molecule has 0 amide bonds. The van der Waals surface area contributed by atoms with Crippen molar-refractivity contribution in [1.82, 2.24) is 14.4 Å². The van der Waals surface area contributed by atoms with Gasteiger partial charge in [-0.05, 0) is 37.6 Å². The van der Waals surface area contributed by atoms with E-state index in [-0.39, 0.29) is 29.7 Å². The lowest BCUT2D eigenvalue weighted by atomic mass is 10.1. The second-order valence-electron chi connectivity index (χ2n) is 7.04. The number of carbonyl (C=O) groups excluding carboxylic acids is 1. The molecule has 0 saturated carbocycles. The van der Waals surface area contributed by atoms with E-state index in [4.69, 9.17) is 4.74 Å². The second-order valence-corrected chi connectivity index (χ2v) is 7.04. The Hall–Kier alpha value is -3.45. The predicted octanol–water partition coefficient (Wildman–Crippen LogP) is 1.26. The van der Waals surface area contributed by atoms with Crippen LogP contribution in [0.1, 0.15) is 35.7 Å².